The van der Waals surface area contributed by atoms with E-state index in [1.807, 2.05) is 19.9 Å². The lowest BCUT2D eigenvalue weighted by molar-refractivity contribution is -0.181. The first-order valence-electron chi connectivity index (χ1n) is 13.9. The molecule has 2 N–H and O–H groups in total. The van der Waals surface area contributed by atoms with E-state index in [-0.39, 0.29) is 51.7 Å². The molecule has 0 aliphatic heterocycles. The van der Waals surface area contributed by atoms with Gasteiger partial charge in [-0.2, -0.15) is 5.26 Å². The Morgan fingerprint density at radius 1 is 1.00 bits per heavy atom. The lowest BCUT2D eigenvalue weighted by Crippen LogP contribution is -2.74. The topological polar surface area (TPSA) is 110 Å². The maximum Gasteiger partial charge on any atom is 0.312 e. The number of fused-ring (bicyclic) bond motifs is 7. The van der Waals surface area contributed by atoms with E-state index in [0.717, 1.165) is 24.8 Å². The molecule has 0 aromatic heterocycles. The minimum absolute atomic E-state index is 0.00614. The van der Waals surface area contributed by atoms with Crippen molar-refractivity contribution in [3.05, 3.63) is 23.3 Å². The SMILES string of the molecule is COC(=O)C12CCC3C4(C)CCC5C(C)(C)C(=O)C(C#N)=CC5(C)C4=CC(=O)C3(N)C1CC(C)(C)CC2. The van der Waals surface area contributed by atoms with Gasteiger partial charge in [0.15, 0.2) is 11.6 Å². The van der Waals surface area contributed by atoms with E-state index in [1.165, 1.54) is 7.11 Å². The zero-order valence-electron chi connectivity index (χ0n) is 23.5. The number of nitriles is 1. The van der Waals surface area contributed by atoms with Crippen LogP contribution < -0.4 is 5.73 Å². The minimum atomic E-state index is -1.16. The van der Waals surface area contributed by atoms with Crippen molar-refractivity contribution in [2.24, 2.45) is 50.6 Å². The highest BCUT2D eigenvalue weighted by Crippen LogP contribution is 2.71. The number of allylic oxidation sites excluding steroid dienone is 3. The van der Waals surface area contributed by atoms with Crippen LogP contribution in [0.3, 0.4) is 0 Å². The summed E-state index contributed by atoms with van der Waals surface area (Å²) >= 11 is 0. The second-order valence-corrected chi connectivity index (χ2v) is 14.5. The Kier molecular flexibility index (Phi) is 5.45. The van der Waals surface area contributed by atoms with Crippen LogP contribution in [0.25, 0.3) is 0 Å². The number of hydrogen-bond donors (Lipinski definition) is 1. The smallest absolute Gasteiger partial charge is 0.312 e. The number of methoxy groups -OCH3 is 1. The highest BCUT2D eigenvalue weighted by Gasteiger charge is 2.71. The molecule has 0 bridgehead atoms. The number of nitrogens with two attached hydrogens (primary N) is 1. The predicted octanol–water partition coefficient (Wildman–Crippen LogP) is 5.07. The molecule has 0 saturated heterocycles. The maximum atomic E-state index is 14.4. The summed E-state index contributed by atoms with van der Waals surface area (Å²) in [5.74, 6) is -0.868. The number of rotatable bonds is 1. The van der Waals surface area contributed by atoms with Crippen LogP contribution in [0.2, 0.25) is 0 Å². The molecule has 0 heterocycles. The van der Waals surface area contributed by atoms with Crippen molar-refractivity contribution >= 4 is 17.5 Å². The molecule has 37 heavy (non-hydrogen) atoms. The fraction of sp³-hybridized carbons (Fsp3) is 0.742. The van der Waals surface area contributed by atoms with Crippen molar-refractivity contribution in [3.63, 3.8) is 0 Å². The Labute approximate surface area is 221 Å². The molecular weight excluding hydrogens is 464 g/mol. The van der Waals surface area contributed by atoms with Crippen LogP contribution >= 0.6 is 0 Å². The van der Waals surface area contributed by atoms with E-state index in [9.17, 15) is 19.6 Å². The van der Waals surface area contributed by atoms with Gasteiger partial charge in [0, 0.05) is 16.7 Å². The van der Waals surface area contributed by atoms with Gasteiger partial charge in [0.05, 0.1) is 23.6 Å². The fourth-order valence-electron chi connectivity index (χ4n) is 10.00. The first-order valence-corrected chi connectivity index (χ1v) is 13.9. The number of ketones is 2. The van der Waals surface area contributed by atoms with E-state index in [0.29, 0.717) is 25.7 Å². The van der Waals surface area contributed by atoms with Crippen molar-refractivity contribution in [2.75, 3.05) is 7.11 Å². The number of ether oxygens (including phenoxy) is 1. The molecule has 0 amide bonds. The van der Waals surface area contributed by atoms with E-state index in [2.05, 4.69) is 33.8 Å². The lowest BCUT2D eigenvalue weighted by atomic mass is 9.36. The Balaban J connectivity index is 1.71. The Morgan fingerprint density at radius 3 is 2.27 bits per heavy atom. The molecule has 7 atom stereocenters. The number of Topliss-reactive ketones (excluding diaryl/α,β-unsaturated/α-hetero) is 1. The number of carbonyl (C=O) groups excluding carboxylic acids is 3. The van der Waals surface area contributed by atoms with Crippen molar-refractivity contribution in [3.8, 4) is 6.07 Å². The summed E-state index contributed by atoms with van der Waals surface area (Å²) in [7, 11) is 1.44. The van der Waals surface area contributed by atoms with Gasteiger partial charge in [-0.25, -0.2) is 0 Å². The standard InChI is InChI=1S/C31H42N2O4/c1-26(2)12-13-30(25(36)37-7)11-9-20-28(5)10-8-19-27(3,4)24(35)18(17-32)15-29(19,6)21(28)14-23(34)31(20,33)22(30)16-26/h14-15,19-20,22H,8-13,16,33H2,1-7H3. The third-order valence-electron chi connectivity index (χ3n) is 11.9. The molecule has 0 aromatic rings. The summed E-state index contributed by atoms with van der Waals surface area (Å²) in [5.41, 5.74) is 5.00. The van der Waals surface area contributed by atoms with Crippen molar-refractivity contribution in [1.82, 2.24) is 0 Å². The molecule has 3 fully saturated rings. The third-order valence-corrected chi connectivity index (χ3v) is 11.9. The van der Waals surface area contributed by atoms with Crippen LogP contribution in [0.4, 0.5) is 0 Å². The van der Waals surface area contributed by atoms with Gasteiger partial charge in [-0.3, -0.25) is 14.4 Å². The number of hydrogen-bond acceptors (Lipinski definition) is 6. The molecular formula is C31H42N2O4. The molecule has 3 saturated carbocycles. The van der Waals surface area contributed by atoms with Gasteiger partial charge in [0.25, 0.3) is 0 Å². The average Bonchev–Trinajstić information content (AvgIpc) is 2.82. The van der Waals surface area contributed by atoms with Crippen LogP contribution in [0, 0.1) is 56.2 Å². The van der Waals surface area contributed by atoms with Gasteiger partial charge < -0.3 is 10.5 Å². The molecule has 7 unspecified atom stereocenters. The summed E-state index contributed by atoms with van der Waals surface area (Å²) in [6.45, 7) is 12.6. The molecule has 5 rings (SSSR count). The second-order valence-electron chi connectivity index (χ2n) is 14.5. The van der Waals surface area contributed by atoms with Gasteiger partial charge >= 0.3 is 5.97 Å². The first-order chi connectivity index (χ1) is 17.0. The van der Waals surface area contributed by atoms with E-state index in [1.54, 1.807) is 6.08 Å². The molecule has 6 nitrogen and oxygen atoms in total. The van der Waals surface area contributed by atoms with E-state index < -0.39 is 21.8 Å². The first kappa shape index (κ1) is 26.4. The molecule has 0 spiro atoms. The van der Waals surface area contributed by atoms with Gasteiger partial charge in [0.1, 0.15) is 6.07 Å². The summed E-state index contributed by atoms with van der Waals surface area (Å²) in [6, 6.07) is 2.14. The monoisotopic (exact) mass is 506 g/mol. The second kappa shape index (κ2) is 7.65. The molecule has 0 radical (unpaired) electrons. The molecule has 0 aromatic carbocycles. The van der Waals surface area contributed by atoms with Crippen LogP contribution in [0.15, 0.2) is 23.3 Å². The van der Waals surface area contributed by atoms with Gasteiger partial charge in [0.2, 0.25) is 0 Å². The maximum absolute atomic E-state index is 14.4. The average molecular weight is 507 g/mol. The van der Waals surface area contributed by atoms with Gasteiger partial charge in [-0.05, 0) is 73.7 Å². The van der Waals surface area contributed by atoms with Crippen molar-refractivity contribution in [2.45, 2.75) is 92.0 Å². The van der Waals surface area contributed by atoms with Crippen molar-refractivity contribution in [1.29, 1.82) is 5.26 Å². The molecule has 5 aliphatic carbocycles. The lowest BCUT2D eigenvalue weighted by Gasteiger charge is -2.67. The zero-order valence-corrected chi connectivity index (χ0v) is 23.5. The summed E-state index contributed by atoms with van der Waals surface area (Å²) < 4.78 is 5.36. The number of carbonyl (C=O) groups is 3. The minimum Gasteiger partial charge on any atom is -0.469 e. The third kappa shape index (κ3) is 3.10. The molecule has 6 heteroatoms. The van der Waals surface area contributed by atoms with Crippen molar-refractivity contribution < 1.29 is 19.1 Å². The number of nitrogens with zero attached hydrogens (tertiary/aromatic N) is 1. The van der Waals surface area contributed by atoms with E-state index >= 15 is 0 Å². The summed E-state index contributed by atoms with van der Waals surface area (Å²) in [5, 5.41) is 9.83. The normalized spacial score (nSPS) is 45.6. The van der Waals surface area contributed by atoms with Crippen LogP contribution in [-0.2, 0) is 19.1 Å². The zero-order chi connectivity index (χ0) is 27.4. The number of esters is 1. The quantitative estimate of drug-likeness (QED) is 0.497. The van der Waals surface area contributed by atoms with Crippen LogP contribution in [-0.4, -0.2) is 30.2 Å². The summed E-state index contributed by atoms with van der Waals surface area (Å²) in [4.78, 5) is 40.9. The summed E-state index contributed by atoms with van der Waals surface area (Å²) in [6.07, 6.45) is 8.90. The highest BCUT2D eigenvalue weighted by atomic mass is 16.5. The Bertz CT molecular complexity index is 1200. The van der Waals surface area contributed by atoms with E-state index in [4.69, 9.17) is 10.5 Å². The van der Waals surface area contributed by atoms with Crippen LogP contribution in [0.5, 0.6) is 0 Å². The highest BCUT2D eigenvalue weighted by molar-refractivity contribution is 6.05. The fourth-order valence-corrected chi connectivity index (χ4v) is 10.00. The molecule has 5 aliphatic rings. The Morgan fingerprint density at radius 2 is 1.65 bits per heavy atom. The van der Waals surface area contributed by atoms with Gasteiger partial charge in [-0.15, -0.1) is 0 Å². The van der Waals surface area contributed by atoms with Crippen LogP contribution in [0.1, 0.15) is 86.5 Å². The Hall–Kier alpha value is -2.26. The van der Waals surface area contributed by atoms with Gasteiger partial charge in [-0.1, -0.05) is 53.2 Å². The molecule has 200 valence electrons. The predicted molar refractivity (Wildman–Crippen MR) is 140 cm³/mol. The largest absolute Gasteiger partial charge is 0.469 e.